The number of amides is 2. The van der Waals surface area contributed by atoms with Crippen LogP contribution in [0.4, 0.5) is 0 Å². The lowest BCUT2D eigenvalue weighted by atomic mass is 9.92. The van der Waals surface area contributed by atoms with Gasteiger partial charge in [-0.1, -0.05) is 44.2 Å². The maximum Gasteiger partial charge on any atom is 0.325 e. The molecular weight excluding hydrogens is 356 g/mol. The monoisotopic (exact) mass is 382 g/mol. The number of hydrogen-bond donors (Lipinski definition) is 1. The molecule has 2 amide bonds. The first-order valence-electron chi connectivity index (χ1n) is 9.62. The van der Waals surface area contributed by atoms with Crippen molar-refractivity contribution in [3.05, 3.63) is 48.0 Å². The highest BCUT2D eigenvalue weighted by molar-refractivity contribution is 5.99. The van der Waals surface area contributed by atoms with Crippen molar-refractivity contribution in [1.29, 1.82) is 0 Å². The minimum absolute atomic E-state index is 0.187. The van der Waals surface area contributed by atoms with E-state index >= 15 is 0 Å². The highest BCUT2D eigenvalue weighted by atomic mass is 16.5. The molecule has 6 heteroatoms. The summed E-state index contributed by atoms with van der Waals surface area (Å²) in [6.45, 7) is 5.06. The zero-order chi connectivity index (χ0) is 20.1. The van der Waals surface area contributed by atoms with Crippen LogP contribution in [0, 0.1) is 11.8 Å². The highest BCUT2D eigenvalue weighted by Gasteiger charge is 2.25. The van der Waals surface area contributed by atoms with E-state index in [-0.39, 0.29) is 25.0 Å². The average Bonchev–Trinajstić information content (AvgIpc) is 2.69. The van der Waals surface area contributed by atoms with Crippen molar-refractivity contribution in [2.24, 2.45) is 11.8 Å². The third kappa shape index (κ3) is 5.09. The van der Waals surface area contributed by atoms with E-state index in [1.807, 2.05) is 30.3 Å². The van der Waals surface area contributed by atoms with E-state index in [9.17, 15) is 14.4 Å². The van der Waals surface area contributed by atoms with E-state index in [0.29, 0.717) is 30.5 Å². The molecule has 0 saturated carbocycles. The number of benzene rings is 2. The Morgan fingerprint density at radius 2 is 1.71 bits per heavy atom. The molecule has 0 aliphatic carbocycles. The Hall–Kier alpha value is -2.89. The van der Waals surface area contributed by atoms with Gasteiger partial charge in [-0.15, -0.1) is 0 Å². The predicted molar refractivity (Wildman–Crippen MR) is 107 cm³/mol. The summed E-state index contributed by atoms with van der Waals surface area (Å²) in [6.07, 6.45) is 1.10. The number of esters is 1. The summed E-state index contributed by atoms with van der Waals surface area (Å²) >= 11 is 0. The molecule has 1 aliphatic heterocycles. The van der Waals surface area contributed by atoms with E-state index in [0.717, 1.165) is 17.2 Å². The van der Waals surface area contributed by atoms with Crippen molar-refractivity contribution < 1.29 is 19.1 Å². The molecule has 2 aromatic carbocycles. The van der Waals surface area contributed by atoms with Crippen LogP contribution in [-0.4, -0.2) is 48.9 Å². The maximum atomic E-state index is 12.3. The number of likely N-dealkylation sites (tertiary alicyclic amines) is 1. The van der Waals surface area contributed by atoms with Crippen molar-refractivity contribution in [2.45, 2.75) is 20.3 Å². The fraction of sp³-hybridized carbons (Fsp3) is 0.409. The quantitative estimate of drug-likeness (QED) is 0.807. The molecule has 3 rings (SSSR count). The molecule has 1 fully saturated rings. The molecule has 28 heavy (non-hydrogen) atoms. The molecule has 0 bridgehead atoms. The number of hydrogen-bond acceptors (Lipinski definition) is 4. The zero-order valence-corrected chi connectivity index (χ0v) is 16.3. The standard InChI is InChI=1S/C22H26N2O4/c1-15-9-16(2)13-24(12-15)20(25)14-28-21(26)11-23-22(27)19-8-7-17-5-3-4-6-18(17)10-19/h3-8,10,15-16H,9,11-14H2,1-2H3,(H,23,27)/t15-,16-/m0/s1. The van der Waals surface area contributed by atoms with Gasteiger partial charge in [0.25, 0.3) is 11.8 Å². The third-order valence-corrected chi connectivity index (χ3v) is 4.98. The Labute approximate surface area is 164 Å². The second-order valence-electron chi connectivity index (χ2n) is 7.65. The van der Waals surface area contributed by atoms with Crippen LogP contribution in [0.5, 0.6) is 0 Å². The van der Waals surface area contributed by atoms with Crippen LogP contribution in [0.15, 0.2) is 42.5 Å². The summed E-state index contributed by atoms with van der Waals surface area (Å²) in [5.41, 5.74) is 0.471. The molecule has 0 spiro atoms. The van der Waals surface area contributed by atoms with Gasteiger partial charge in [0.1, 0.15) is 6.54 Å². The fourth-order valence-electron chi connectivity index (χ4n) is 3.74. The summed E-state index contributed by atoms with van der Waals surface area (Å²) in [4.78, 5) is 38.1. The lowest BCUT2D eigenvalue weighted by Crippen LogP contribution is -2.44. The summed E-state index contributed by atoms with van der Waals surface area (Å²) < 4.78 is 5.04. The van der Waals surface area contributed by atoms with Crippen molar-refractivity contribution >= 4 is 28.6 Å². The smallest absolute Gasteiger partial charge is 0.325 e. The van der Waals surface area contributed by atoms with Gasteiger partial charge >= 0.3 is 5.97 Å². The maximum absolute atomic E-state index is 12.3. The van der Waals surface area contributed by atoms with E-state index in [1.54, 1.807) is 17.0 Å². The predicted octanol–water partition coefficient (Wildman–Crippen LogP) is 2.62. The van der Waals surface area contributed by atoms with Crippen LogP contribution < -0.4 is 5.32 Å². The Kier molecular flexibility index (Phi) is 6.29. The molecule has 2 atom stereocenters. The number of rotatable bonds is 5. The number of piperidine rings is 1. The second-order valence-corrected chi connectivity index (χ2v) is 7.65. The van der Waals surface area contributed by atoms with Crippen molar-refractivity contribution in [1.82, 2.24) is 10.2 Å². The van der Waals surface area contributed by atoms with E-state index in [1.165, 1.54) is 0 Å². The lowest BCUT2D eigenvalue weighted by Gasteiger charge is -2.34. The van der Waals surface area contributed by atoms with Gasteiger partial charge in [-0.05, 0) is 41.2 Å². The summed E-state index contributed by atoms with van der Waals surface area (Å²) in [7, 11) is 0. The number of fused-ring (bicyclic) bond motifs is 1. The first kappa shape index (κ1) is 19.9. The third-order valence-electron chi connectivity index (χ3n) is 4.98. The van der Waals surface area contributed by atoms with E-state index < -0.39 is 5.97 Å². The number of carbonyl (C=O) groups excluding carboxylic acids is 3. The van der Waals surface area contributed by atoms with Crippen molar-refractivity contribution in [3.63, 3.8) is 0 Å². The van der Waals surface area contributed by atoms with Crippen LogP contribution in [0.3, 0.4) is 0 Å². The van der Waals surface area contributed by atoms with Crippen LogP contribution in [-0.2, 0) is 14.3 Å². The molecular formula is C22H26N2O4. The Morgan fingerprint density at radius 1 is 1.04 bits per heavy atom. The van der Waals surface area contributed by atoms with Gasteiger partial charge in [0.15, 0.2) is 6.61 Å². The molecule has 0 unspecified atom stereocenters. The first-order valence-corrected chi connectivity index (χ1v) is 9.62. The minimum Gasteiger partial charge on any atom is -0.454 e. The second kappa shape index (κ2) is 8.87. The van der Waals surface area contributed by atoms with Gasteiger partial charge < -0.3 is 15.0 Å². The molecule has 148 valence electrons. The molecule has 6 nitrogen and oxygen atoms in total. The van der Waals surface area contributed by atoms with Crippen LogP contribution in [0.2, 0.25) is 0 Å². The van der Waals surface area contributed by atoms with Crippen molar-refractivity contribution in [2.75, 3.05) is 26.2 Å². The summed E-state index contributed by atoms with van der Waals surface area (Å²) in [5.74, 6) is -0.268. The van der Waals surface area contributed by atoms with Gasteiger partial charge in [-0.2, -0.15) is 0 Å². The van der Waals surface area contributed by atoms with E-state index in [2.05, 4.69) is 19.2 Å². The Bertz CT molecular complexity index is 870. The van der Waals surface area contributed by atoms with Crippen LogP contribution in [0.1, 0.15) is 30.6 Å². The number of ether oxygens (including phenoxy) is 1. The largest absolute Gasteiger partial charge is 0.454 e. The molecule has 1 aliphatic rings. The number of nitrogens with zero attached hydrogens (tertiary/aromatic N) is 1. The topological polar surface area (TPSA) is 75.7 Å². The van der Waals surface area contributed by atoms with Gasteiger partial charge in [-0.25, -0.2) is 0 Å². The lowest BCUT2D eigenvalue weighted by molar-refractivity contribution is -0.152. The fourth-order valence-corrected chi connectivity index (χ4v) is 3.74. The molecule has 1 N–H and O–H groups in total. The molecule has 0 radical (unpaired) electrons. The van der Waals surface area contributed by atoms with Crippen LogP contribution >= 0.6 is 0 Å². The Balaban J connectivity index is 1.45. The zero-order valence-electron chi connectivity index (χ0n) is 16.3. The highest BCUT2D eigenvalue weighted by Crippen LogP contribution is 2.21. The SMILES string of the molecule is C[C@H]1C[C@H](C)CN(C(=O)COC(=O)CNC(=O)c2ccc3ccccc3c2)C1. The van der Waals surface area contributed by atoms with E-state index in [4.69, 9.17) is 4.74 Å². The molecule has 0 aromatic heterocycles. The first-order chi connectivity index (χ1) is 13.4. The number of carbonyl (C=O) groups is 3. The van der Waals surface area contributed by atoms with Gasteiger partial charge in [0, 0.05) is 18.7 Å². The molecule has 2 aromatic rings. The van der Waals surface area contributed by atoms with Crippen molar-refractivity contribution in [3.8, 4) is 0 Å². The Morgan fingerprint density at radius 3 is 2.43 bits per heavy atom. The van der Waals surface area contributed by atoms with Gasteiger partial charge in [0.05, 0.1) is 0 Å². The molecule has 1 heterocycles. The molecule has 1 saturated heterocycles. The summed E-state index contributed by atoms with van der Waals surface area (Å²) in [6, 6.07) is 13.1. The number of nitrogens with one attached hydrogen (secondary N) is 1. The van der Waals surface area contributed by atoms with Gasteiger partial charge in [-0.3, -0.25) is 14.4 Å². The van der Waals surface area contributed by atoms with Gasteiger partial charge in [0.2, 0.25) is 0 Å². The summed E-state index contributed by atoms with van der Waals surface area (Å²) in [5, 5.41) is 4.53. The minimum atomic E-state index is -0.624. The average molecular weight is 382 g/mol. The van der Waals surface area contributed by atoms with Crippen LogP contribution in [0.25, 0.3) is 10.8 Å². The normalized spacial score (nSPS) is 19.3.